The average molecular weight is 427 g/mol. The van der Waals surface area contributed by atoms with Gasteiger partial charge in [-0.2, -0.15) is 0 Å². The summed E-state index contributed by atoms with van der Waals surface area (Å²) in [6, 6.07) is 9.01. The van der Waals surface area contributed by atoms with Crippen LogP contribution < -0.4 is 5.32 Å². The molecule has 2 rings (SSSR count). The predicted octanol–water partition coefficient (Wildman–Crippen LogP) is 5.44. The molecular formula is C17H18Cl2FNRu. The molecule has 0 unspecified atom stereocenters. The molecule has 1 nitrogen and oxygen atoms in total. The molecule has 0 fully saturated rings. The fourth-order valence-corrected chi connectivity index (χ4v) is 4.41. The van der Waals surface area contributed by atoms with Gasteiger partial charge in [-0.15, -0.1) is 0 Å². The van der Waals surface area contributed by atoms with Crippen LogP contribution in [0.4, 0.5) is 10.1 Å². The van der Waals surface area contributed by atoms with Gasteiger partial charge in [-0.25, -0.2) is 0 Å². The molecule has 0 saturated heterocycles. The van der Waals surface area contributed by atoms with Crippen LogP contribution in [0.3, 0.4) is 0 Å². The summed E-state index contributed by atoms with van der Waals surface area (Å²) in [4.78, 5) is 0. The van der Waals surface area contributed by atoms with Crippen LogP contribution in [-0.4, -0.2) is 4.61 Å². The summed E-state index contributed by atoms with van der Waals surface area (Å²) in [5, 5.41) is 3.45. The van der Waals surface area contributed by atoms with Crippen molar-refractivity contribution in [1.29, 1.82) is 0 Å². The Morgan fingerprint density at radius 1 is 1.09 bits per heavy atom. The van der Waals surface area contributed by atoms with Crippen molar-refractivity contribution in [2.45, 2.75) is 27.3 Å². The van der Waals surface area contributed by atoms with Gasteiger partial charge in [0.1, 0.15) is 0 Å². The Hall–Kier alpha value is -0.757. The molecule has 0 spiro atoms. The Morgan fingerprint density at radius 2 is 1.73 bits per heavy atom. The van der Waals surface area contributed by atoms with Crippen LogP contribution in [0.25, 0.3) is 0 Å². The first-order valence-corrected chi connectivity index (χ1v) is 12.3. The van der Waals surface area contributed by atoms with Gasteiger partial charge in [0.25, 0.3) is 0 Å². The minimum absolute atomic E-state index is 0.276. The van der Waals surface area contributed by atoms with E-state index >= 15 is 0 Å². The first kappa shape index (κ1) is 17.6. The van der Waals surface area contributed by atoms with Crippen molar-refractivity contribution in [2.24, 2.45) is 0 Å². The summed E-state index contributed by atoms with van der Waals surface area (Å²) in [6.07, 6.45) is 0. The molecule has 0 saturated carbocycles. The van der Waals surface area contributed by atoms with E-state index in [4.69, 9.17) is 19.4 Å². The molecule has 0 bridgehead atoms. The van der Waals surface area contributed by atoms with Crippen molar-refractivity contribution in [3.05, 3.63) is 64.0 Å². The maximum atomic E-state index is 13.4. The Morgan fingerprint density at radius 3 is 2.32 bits per heavy atom. The fraction of sp³-hybridized carbons (Fsp3) is 0.235. The third-order valence-electron chi connectivity index (χ3n) is 3.43. The van der Waals surface area contributed by atoms with Crippen LogP contribution in [0.2, 0.25) is 0 Å². The van der Waals surface area contributed by atoms with Crippen molar-refractivity contribution in [3.63, 3.8) is 0 Å². The maximum absolute atomic E-state index is 13.4. The van der Waals surface area contributed by atoms with Gasteiger partial charge in [-0.05, 0) is 0 Å². The second-order valence-corrected chi connectivity index (χ2v) is 11.0. The summed E-state index contributed by atoms with van der Waals surface area (Å²) in [7, 11) is 11.9. The molecule has 5 heteroatoms. The van der Waals surface area contributed by atoms with Gasteiger partial charge >= 0.3 is 144 Å². The van der Waals surface area contributed by atoms with E-state index in [-0.39, 0.29) is 5.82 Å². The molecular weight excluding hydrogens is 409 g/mol. The van der Waals surface area contributed by atoms with Gasteiger partial charge in [0.15, 0.2) is 0 Å². The molecule has 0 heterocycles. The van der Waals surface area contributed by atoms with Crippen LogP contribution in [0.5, 0.6) is 0 Å². The number of halogens is 3. The van der Waals surface area contributed by atoms with E-state index in [1.165, 1.54) is 28.8 Å². The summed E-state index contributed by atoms with van der Waals surface area (Å²) in [6.45, 7) is 6.86. The van der Waals surface area contributed by atoms with Gasteiger partial charge in [-0.3, -0.25) is 0 Å². The molecule has 22 heavy (non-hydrogen) atoms. The normalized spacial score (nSPS) is 11.3. The first-order valence-electron chi connectivity index (χ1n) is 6.80. The van der Waals surface area contributed by atoms with Crippen molar-refractivity contribution < 1.29 is 17.9 Å². The molecule has 0 aliphatic rings. The standard InChI is InChI=1S/C17H18FN.2ClH.Ru/c1-11-7-13(3)17(14(4)8-11)19-10-15-5-6-16(18)9-12(15)2;;;/h2,5-9,19H,10H2,1,3-4H3;2*1H;/q;;;+2/p-2. The first-order chi connectivity index (χ1) is 10.4. The Labute approximate surface area is 144 Å². The third-order valence-corrected chi connectivity index (χ3v) is 5.26. The molecule has 0 atom stereocenters. The Balaban J connectivity index is 2.28. The predicted molar refractivity (Wildman–Crippen MR) is 91.3 cm³/mol. The van der Waals surface area contributed by atoms with Crippen molar-refractivity contribution in [1.82, 2.24) is 0 Å². The van der Waals surface area contributed by atoms with Crippen molar-refractivity contribution in [2.75, 3.05) is 5.32 Å². The number of nitrogens with one attached hydrogen (secondary N) is 1. The van der Waals surface area contributed by atoms with Gasteiger partial charge in [0.2, 0.25) is 0 Å². The topological polar surface area (TPSA) is 12.0 Å². The van der Waals surface area contributed by atoms with E-state index in [9.17, 15) is 4.39 Å². The van der Waals surface area contributed by atoms with Gasteiger partial charge in [0.05, 0.1) is 0 Å². The second-order valence-electron chi connectivity index (χ2n) is 5.28. The molecule has 2 aromatic rings. The van der Waals surface area contributed by atoms with E-state index in [1.807, 2.05) is 0 Å². The van der Waals surface area contributed by atoms with Crippen LogP contribution in [0.15, 0.2) is 30.3 Å². The summed E-state index contributed by atoms with van der Waals surface area (Å²) in [5.41, 5.74) is 6.53. The summed E-state index contributed by atoms with van der Waals surface area (Å²) >= 11 is -1.99. The fourth-order valence-electron chi connectivity index (χ4n) is 2.55. The molecule has 0 amide bonds. The zero-order valence-corrected chi connectivity index (χ0v) is 15.9. The van der Waals surface area contributed by atoms with Crippen molar-refractivity contribution in [3.8, 4) is 0 Å². The number of hydrogen-bond acceptors (Lipinski definition) is 1. The molecule has 0 aromatic heterocycles. The van der Waals surface area contributed by atoms with Crippen molar-refractivity contribution >= 4 is 29.7 Å². The quantitative estimate of drug-likeness (QED) is 0.641. The third kappa shape index (κ3) is 4.62. The van der Waals surface area contributed by atoms with E-state index in [2.05, 4.69) is 38.2 Å². The zero-order valence-electron chi connectivity index (χ0n) is 12.7. The number of anilines is 1. The van der Waals surface area contributed by atoms with E-state index in [0.717, 1.165) is 16.8 Å². The van der Waals surface area contributed by atoms with Crippen LogP contribution in [-0.2, 0) is 20.1 Å². The SMILES string of the molecule is Cc1cc(C)c(NCc2ccc(F)cc2[CH]=[Ru]([Cl])[Cl])c(C)c1. The van der Waals surface area contributed by atoms with E-state index in [1.54, 1.807) is 10.7 Å². The van der Waals surface area contributed by atoms with Gasteiger partial charge in [0, 0.05) is 0 Å². The number of aryl methyl sites for hydroxylation is 3. The number of benzene rings is 2. The molecule has 1 N–H and O–H groups in total. The molecule has 0 radical (unpaired) electrons. The van der Waals surface area contributed by atoms with Crippen LogP contribution in [0, 0.1) is 26.6 Å². The molecule has 120 valence electrons. The van der Waals surface area contributed by atoms with E-state index < -0.39 is 13.5 Å². The van der Waals surface area contributed by atoms with Gasteiger partial charge < -0.3 is 0 Å². The average Bonchev–Trinajstić information content (AvgIpc) is 2.39. The molecule has 0 aliphatic carbocycles. The summed E-state index contributed by atoms with van der Waals surface area (Å²) in [5.74, 6) is -0.276. The Bertz CT molecular complexity index is 702. The van der Waals surface area contributed by atoms with E-state index in [0.29, 0.717) is 6.54 Å². The zero-order chi connectivity index (χ0) is 16.3. The van der Waals surface area contributed by atoms with Crippen LogP contribution >= 0.6 is 19.4 Å². The summed E-state index contributed by atoms with van der Waals surface area (Å²) < 4.78 is 15.2. The number of rotatable bonds is 4. The Kier molecular flexibility index (Phi) is 6.14. The monoisotopic (exact) mass is 427 g/mol. The second kappa shape index (κ2) is 7.68. The minimum atomic E-state index is -1.99. The number of hydrogen-bond donors (Lipinski definition) is 1. The molecule has 2 aromatic carbocycles. The molecule has 0 aliphatic heterocycles. The van der Waals surface area contributed by atoms with Crippen LogP contribution in [0.1, 0.15) is 27.8 Å². The van der Waals surface area contributed by atoms with Gasteiger partial charge in [-0.1, -0.05) is 0 Å².